The van der Waals surface area contributed by atoms with Crippen LogP contribution in [0.2, 0.25) is 0 Å². The molecule has 0 aliphatic heterocycles. The number of nitro groups is 1. The molecule has 1 fully saturated rings. The van der Waals surface area contributed by atoms with Crippen molar-refractivity contribution in [3.63, 3.8) is 0 Å². The number of rotatable bonds is 7. The number of hydrogen-bond donors (Lipinski definition) is 0. The molecule has 120 valence electrons. The molecule has 1 aromatic rings. The van der Waals surface area contributed by atoms with E-state index in [1.54, 1.807) is 6.92 Å². The minimum atomic E-state index is -0.533. The summed E-state index contributed by atoms with van der Waals surface area (Å²) in [6, 6.07) is 10.2. The lowest BCUT2D eigenvalue weighted by Gasteiger charge is -2.24. The minimum absolute atomic E-state index is 0.142. The van der Waals surface area contributed by atoms with Crippen LogP contribution >= 0.6 is 0 Å². The average Bonchev–Trinajstić information content (AvgIpc) is 2.81. The van der Waals surface area contributed by atoms with Gasteiger partial charge in [0.1, 0.15) is 0 Å². The van der Waals surface area contributed by atoms with Gasteiger partial charge in [0, 0.05) is 10.3 Å². The third-order valence-corrected chi connectivity index (χ3v) is 4.46. The molecule has 0 heterocycles. The third kappa shape index (κ3) is 4.55. The molecule has 1 aliphatic carbocycles. The Labute approximate surface area is 130 Å². The Morgan fingerprint density at radius 3 is 2.77 bits per heavy atom. The summed E-state index contributed by atoms with van der Waals surface area (Å²) in [6.07, 6.45) is 3.46. The Bertz CT molecular complexity index is 517. The molecular formula is C17H23NO4. The van der Waals surface area contributed by atoms with Gasteiger partial charge in [0.2, 0.25) is 6.54 Å². The largest absolute Gasteiger partial charge is 0.466 e. The van der Waals surface area contributed by atoms with E-state index in [0.29, 0.717) is 12.5 Å². The van der Waals surface area contributed by atoms with Gasteiger partial charge in [-0.15, -0.1) is 0 Å². The van der Waals surface area contributed by atoms with Crippen LogP contribution in [0.3, 0.4) is 0 Å². The summed E-state index contributed by atoms with van der Waals surface area (Å²) in [5.41, 5.74) is 0.718. The minimum Gasteiger partial charge on any atom is -0.466 e. The summed E-state index contributed by atoms with van der Waals surface area (Å²) < 4.78 is 5.00. The normalized spacial score (nSPS) is 24.1. The zero-order valence-electron chi connectivity index (χ0n) is 13.0. The molecule has 5 heteroatoms. The molecule has 1 saturated carbocycles. The highest BCUT2D eigenvalue weighted by atomic mass is 16.6. The van der Waals surface area contributed by atoms with Crippen molar-refractivity contribution in [3.05, 3.63) is 46.0 Å². The van der Waals surface area contributed by atoms with Crippen molar-refractivity contribution in [1.29, 1.82) is 0 Å². The lowest BCUT2D eigenvalue weighted by molar-refractivity contribution is -0.497. The van der Waals surface area contributed by atoms with Crippen LogP contribution in [0.4, 0.5) is 0 Å². The molecule has 1 aromatic carbocycles. The topological polar surface area (TPSA) is 69.4 Å². The first-order valence-electron chi connectivity index (χ1n) is 7.84. The molecular weight excluding hydrogens is 282 g/mol. The van der Waals surface area contributed by atoms with E-state index >= 15 is 0 Å². The van der Waals surface area contributed by atoms with Crippen LogP contribution < -0.4 is 0 Å². The van der Waals surface area contributed by atoms with E-state index in [-0.39, 0.29) is 23.9 Å². The maximum atomic E-state index is 11.8. The van der Waals surface area contributed by atoms with E-state index in [2.05, 4.69) is 12.1 Å². The summed E-state index contributed by atoms with van der Waals surface area (Å²) in [6.45, 7) is 1.93. The molecule has 2 rings (SSSR count). The van der Waals surface area contributed by atoms with E-state index < -0.39 is 5.41 Å². The zero-order chi connectivity index (χ0) is 16.0. The molecule has 2 atom stereocenters. The van der Waals surface area contributed by atoms with E-state index in [1.165, 1.54) is 5.56 Å². The van der Waals surface area contributed by atoms with Gasteiger partial charge in [-0.05, 0) is 44.1 Å². The molecule has 0 radical (unpaired) electrons. The number of nitrogens with zero attached hydrogens (tertiary/aromatic N) is 1. The van der Waals surface area contributed by atoms with Crippen LogP contribution in [0.15, 0.2) is 30.3 Å². The zero-order valence-corrected chi connectivity index (χ0v) is 13.0. The highest BCUT2D eigenvalue weighted by Crippen LogP contribution is 2.46. The fourth-order valence-electron chi connectivity index (χ4n) is 3.60. The van der Waals surface area contributed by atoms with Crippen molar-refractivity contribution < 1.29 is 14.5 Å². The number of carbonyl (C=O) groups is 1. The molecule has 22 heavy (non-hydrogen) atoms. The van der Waals surface area contributed by atoms with Crippen molar-refractivity contribution in [3.8, 4) is 0 Å². The number of hydrogen-bond acceptors (Lipinski definition) is 4. The summed E-state index contributed by atoms with van der Waals surface area (Å²) in [4.78, 5) is 22.5. The molecule has 0 spiro atoms. The van der Waals surface area contributed by atoms with Gasteiger partial charge >= 0.3 is 5.97 Å². The fraction of sp³-hybridized carbons (Fsp3) is 0.588. The lowest BCUT2D eigenvalue weighted by atomic mass is 9.81. The number of benzene rings is 1. The Morgan fingerprint density at radius 1 is 1.41 bits per heavy atom. The third-order valence-electron chi connectivity index (χ3n) is 4.46. The smallest absolute Gasteiger partial charge is 0.306 e. The van der Waals surface area contributed by atoms with Crippen LogP contribution in [0.25, 0.3) is 0 Å². The van der Waals surface area contributed by atoms with Gasteiger partial charge in [0.25, 0.3) is 0 Å². The number of esters is 1. The second kappa shape index (κ2) is 7.38. The summed E-state index contributed by atoms with van der Waals surface area (Å²) in [5, 5.41) is 11.0. The molecule has 0 saturated heterocycles. The molecule has 0 aromatic heterocycles. The summed E-state index contributed by atoms with van der Waals surface area (Å²) >= 11 is 0. The Balaban J connectivity index is 2.02. The Kier molecular flexibility index (Phi) is 5.52. The van der Waals surface area contributed by atoms with Crippen molar-refractivity contribution in [2.24, 2.45) is 11.3 Å². The van der Waals surface area contributed by atoms with Crippen molar-refractivity contribution in [2.45, 2.75) is 39.0 Å². The fourth-order valence-corrected chi connectivity index (χ4v) is 3.60. The van der Waals surface area contributed by atoms with Crippen LogP contribution in [0.5, 0.6) is 0 Å². The summed E-state index contributed by atoms with van der Waals surface area (Å²) in [5.74, 6) is 0.0847. The number of ether oxygens (including phenoxy) is 1. The van der Waals surface area contributed by atoms with Crippen molar-refractivity contribution >= 4 is 5.97 Å². The maximum Gasteiger partial charge on any atom is 0.306 e. The molecule has 2 unspecified atom stereocenters. The van der Waals surface area contributed by atoms with E-state index in [9.17, 15) is 14.9 Å². The monoisotopic (exact) mass is 305 g/mol. The second-order valence-corrected chi connectivity index (χ2v) is 6.27. The lowest BCUT2D eigenvalue weighted by Crippen LogP contribution is -2.31. The van der Waals surface area contributed by atoms with Crippen LogP contribution in [0.1, 0.15) is 38.2 Å². The first-order chi connectivity index (χ1) is 10.5. The second-order valence-electron chi connectivity index (χ2n) is 6.27. The molecule has 0 N–H and O–H groups in total. The van der Waals surface area contributed by atoms with Crippen molar-refractivity contribution in [2.75, 3.05) is 13.2 Å². The maximum absolute atomic E-state index is 11.8. The van der Waals surface area contributed by atoms with E-state index in [4.69, 9.17) is 4.74 Å². The van der Waals surface area contributed by atoms with Gasteiger partial charge in [0.15, 0.2) is 0 Å². The summed E-state index contributed by atoms with van der Waals surface area (Å²) in [7, 11) is 0. The van der Waals surface area contributed by atoms with Crippen LogP contribution in [-0.2, 0) is 16.0 Å². The van der Waals surface area contributed by atoms with Gasteiger partial charge in [-0.25, -0.2) is 0 Å². The first kappa shape index (κ1) is 16.5. The quantitative estimate of drug-likeness (QED) is 0.440. The highest BCUT2D eigenvalue weighted by Gasteiger charge is 2.45. The number of carbonyl (C=O) groups excluding carboxylic acids is 1. The van der Waals surface area contributed by atoms with E-state index in [1.807, 2.05) is 18.2 Å². The van der Waals surface area contributed by atoms with E-state index in [0.717, 1.165) is 25.7 Å². The average molecular weight is 305 g/mol. The van der Waals surface area contributed by atoms with Gasteiger partial charge in [-0.2, -0.15) is 0 Å². The predicted molar refractivity (Wildman–Crippen MR) is 83.0 cm³/mol. The van der Waals surface area contributed by atoms with Gasteiger partial charge in [0.05, 0.1) is 13.0 Å². The predicted octanol–water partition coefficient (Wildman–Crippen LogP) is 3.25. The molecule has 0 amide bonds. The first-order valence-corrected chi connectivity index (χ1v) is 7.84. The highest BCUT2D eigenvalue weighted by molar-refractivity contribution is 5.70. The van der Waals surface area contributed by atoms with Crippen LogP contribution in [0, 0.1) is 21.4 Å². The van der Waals surface area contributed by atoms with Crippen LogP contribution in [-0.4, -0.2) is 24.0 Å². The van der Waals surface area contributed by atoms with Gasteiger partial charge < -0.3 is 4.74 Å². The molecule has 0 bridgehead atoms. The Hall–Kier alpha value is -1.91. The molecule has 1 aliphatic rings. The molecule has 5 nitrogen and oxygen atoms in total. The van der Waals surface area contributed by atoms with Gasteiger partial charge in [-0.1, -0.05) is 30.3 Å². The van der Waals surface area contributed by atoms with Crippen molar-refractivity contribution in [1.82, 2.24) is 0 Å². The Morgan fingerprint density at radius 2 is 2.14 bits per heavy atom. The standard InChI is InChI=1S/C17H23NO4/c1-2-22-16(19)12-17(13-18(20)21)9-8-15(11-17)10-14-6-4-3-5-7-14/h3-7,15H,2,8-13H2,1H3. The van der Waals surface area contributed by atoms with Gasteiger partial charge in [-0.3, -0.25) is 14.9 Å². The SMILES string of the molecule is CCOC(=O)CC1(C[N+](=O)[O-])CCC(Cc2ccccc2)C1.